The summed E-state index contributed by atoms with van der Waals surface area (Å²) in [7, 11) is 0. The van der Waals surface area contributed by atoms with Crippen LogP contribution in [-0.4, -0.2) is 11.1 Å². The molecular weight excluding hydrogens is 280 g/mol. The SMILES string of the molecule is O=C(O)c1ccc2c(c1)Cc1cc(-c3ccco3)ccc1O2. The van der Waals surface area contributed by atoms with Crippen LogP contribution >= 0.6 is 0 Å². The van der Waals surface area contributed by atoms with E-state index in [4.69, 9.17) is 14.3 Å². The van der Waals surface area contributed by atoms with Gasteiger partial charge in [-0.2, -0.15) is 0 Å². The summed E-state index contributed by atoms with van der Waals surface area (Å²) in [6.07, 6.45) is 2.28. The molecule has 2 heterocycles. The highest BCUT2D eigenvalue weighted by molar-refractivity contribution is 5.88. The van der Waals surface area contributed by atoms with Crippen LogP contribution in [0.15, 0.2) is 59.2 Å². The second-order valence-corrected chi connectivity index (χ2v) is 5.21. The largest absolute Gasteiger partial charge is 0.478 e. The molecule has 1 aromatic heterocycles. The number of benzene rings is 2. The Morgan fingerprint density at radius 1 is 1.00 bits per heavy atom. The number of fused-ring (bicyclic) bond motifs is 2. The van der Waals surface area contributed by atoms with Gasteiger partial charge in [-0.25, -0.2) is 4.79 Å². The predicted molar refractivity (Wildman–Crippen MR) is 80.4 cm³/mol. The number of carboxylic acids is 1. The van der Waals surface area contributed by atoms with Crippen molar-refractivity contribution in [2.75, 3.05) is 0 Å². The number of ether oxygens (including phenoxy) is 1. The number of rotatable bonds is 2. The van der Waals surface area contributed by atoms with E-state index in [0.717, 1.165) is 28.2 Å². The predicted octanol–water partition coefficient (Wildman–Crippen LogP) is 4.34. The second kappa shape index (κ2) is 4.77. The Labute approximate surface area is 126 Å². The van der Waals surface area contributed by atoms with Crippen molar-refractivity contribution in [3.8, 4) is 22.8 Å². The van der Waals surface area contributed by atoms with Gasteiger partial charge in [-0.05, 0) is 48.5 Å². The maximum Gasteiger partial charge on any atom is 0.335 e. The molecule has 1 N–H and O–H groups in total. The first-order valence-electron chi connectivity index (χ1n) is 6.91. The summed E-state index contributed by atoms with van der Waals surface area (Å²) in [6, 6.07) is 14.6. The zero-order valence-electron chi connectivity index (χ0n) is 11.6. The Kier molecular flexibility index (Phi) is 2.76. The van der Waals surface area contributed by atoms with Crippen molar-refractivity contribution in [1.29, 1.82) is 0 Å². The highest BCUT2D eigenvalue weighted by atomic mass is 16.5. The molecular formula is C18H12O4. The number of aromatic carboxylic acids is 1. The molecule has 4 rings (SSSR count). The molecule has 108 valence electrons. The van der Waals surface area contributed by atoms with E-state index in [2.05, 4.69) is 0 Å². The number of furan rings is 1. The molecule has 0 bridgehead atoms. The van der Waals surface area contributed by atoms with E-state index < -0.39 is 5.97 Å². The second-order valence-electron chi connectivity index (χ2n) is 5.21. The van der Waals surface area contributed by atoms with Crippen molar-refractivity contribution in [3.05, 3.63) is 71.5 Å². The van der Waals surface area contributed by atoms with Gasteiger partial charge in [0.1, 0.15) is 17.3 Å². The fourth-order valence-corrected chi connectivity index (χ4v) is 2.69. The summed E-state index contributed by atoms with van der Waals surface area (Å²) in [5.74, 6) is 1.37. The number of carbonyl (C=O) groups is 1. The average molecular weight is 292 g/mol. The van der Waals surface area contributed by atoms with Crippen molar-refractivity contribution in [2.45, 2.75) is 6.42 Å². The summed E-state index contributed by atoms with van der Waals surface area (Å²) < 4.78 is 11.3. The van der Waals surface area contributed by atoms with Gasteiger partial charge < -0.3 is 14.3 Å². The first-order valence-corrected chi connectivity index (χ1v) is 6.91. The number of carboxylic acid groups (broad SMARTS) is 1. The molecule has 0 saturated carbocycles. The van der Waals surface area contributed by atoms with Crippen molar-refractivity contribution < 1.29 is 19.1 Å². The minimum absolute atomic E-state index is 0.271. The zero-order valence-corrected chi connectivity index (χ0v) is 11.6. The first-order chi connectivity index (χ1) is 10.7. The van der Waals surface area contributed by atoms with Crippen molar-refractivity contribution in [1.82, 2.24) is 0 Å². The minimum Gasteiger partial charge on any atom is -0.478 e. The van der Waals surface area contributed by atoms with Crippen molar-refractivity contribution in [2.24, 2.45) is 0 Å². The van der Waals surface area contributed by atoms with Crippen molar-refractivity contribution in [3.63, 3.8) is 0 Å². The molecule has 0 radical (unpaired) electrons. The molecule has 1 aliphatic heterocycles. The quantitative estimate of drug-likeness (QED) is 0.597. The molecule has 22 heavy (non-hydrogen) atoms. The number of hydrogen-bond donors (Lipinski definition) is 1. The van der Waals surface area contributed by atoms with E-state index in [0.29, 0.717) is 12.2 Å². The van der Waals surface area contributed by atoms with Gasteiger partial charge in [0.2, 0.25) is 0 Å². The van der Waals surface area contributed by atoms with Crippen molar-refractivity contribution >= 4 is 5.97 Å². The lowest BCUT2D eigenvalue weighted by Gasteiger charge is -2.21. The third-order valence-electron chi connectivity index (χ3n) is 3.77. The minimum atomic E-state index is -0.932. The molecule has 0 atom stereocenters. The van der Waals surface area contributed by atoms with E-state index in [9.17, 15) is 4.79 Å². The molecule has 3 aromatic rings. The summed E-state index contributed by atoms with van der Waals surface area (Å²) in [4.78, 5) is 11.1. The van der Waals surface area contributed by atoms with Crippen LogP contribution in [0.2, 0.25) is 0 Å². The topological polar surface area (TPSA) is 59.7 Å². The molecule has 0 unspecified atom stereocenters. The van der Waals surface area contributed by atoms with Crippen LogP contribution in [-0.2, 0) is 6.42 Å². The van der Waals surface area contributed by atoms with Crippen LogP contribution in [0, 0.1) is 0 Å². The average Bonchev–Trinajstić information content (AvgIpc) is 3.06. The third-order valence-corrected chi connectivity index (χ3v) is 3.77. The fraction of sp³-hybridized carbons (Fsp3) is 0.0556. The Morgan fingerprint density at radius 2 is 1.77 bits per heavy atom. The summed E-state index contributed by atoms with van der Waals surface area (Å²) >= 11 is 0. The van der Waals surface area contributed by atoms with E-state index in [-0.39, 0.29) is 5.56 Å². The van der Waals surface area contributed by atoms with Crippen LogP contribution in [0.3, 0.4) is 0 Å². The first kappa shape index (κ1) is 12.7. The Hall–Kier alpha value is -3.01. The molecule has 0 spiro atoms. The zero-order chi connectivity index (χ0) is 15.1. The van der Waals surface area contributed by atoms with Gasteiger partial charge in [-0.1, -0.05) is 0 Å². The van der Waals surface area contributed by atoms with E-state index >= 15 is 0 Å². The van der Waals surface area contributed by atoms with E-state index in [1.807, 2.05) is 30.3 Å². The standard InChI is InChI=1S/C18H12O4/c19-18(20)12-4-6-17-14(9-12)10-13-8-11(3-5-16(13)22-17)15-2-1-7-21-15/h1-9H,10H2,(H,19,20). The van der Waals surface area contributed by atoms with Crippen LogP contribution in [0.1, 0.15) is 21.5 Å². The van der Waals surface area contributed by atoms with Gasteiger partial charge in [0, 0.05) is 23.1 Å². The number of hydrogen-bond acceptors (Lipinski definition) is 3. The maximum absolute atomic E-state index is 11.1. The van der Waals surface area contributed by atoms with E-state index in [1.54, 1.807) is 24.5 Å². The Bertz CT molecular complexity index is 863. The highest BCUT2D eigenvalue weighted by Crippen LogP contribution is 2.38. The van der Waals surface area contributed by atoms with Gasteiger partial charge >= 0.3 is 5.97 Å². The molecule has 0 aliphatic carbocycles. The summed E-state index contributed by atoms with van der Waals surface area (Å²) in [5, 5.41) is 9.10. The summed E-state index contributed by atoms with van der Waals surface area (Å²) in [6.45, 7) is 0. The normalized spacial score (nSPS) is 12.2. The van der Waals surface area contributed by atoms with Gasteiger partial charge in [0.05, 0.1) is 11.8 Å². The van der Waals surface area contributed by atoms with Crippen LogP contribution < -0.4 is 4.74 Å². The smallest absolute Gasteiger partial charge is 0.335 e. The monoisotopic (exact) mass is 292 g/mol. The lowest BCUT2D eigenvalue weighted by Crippen LogP contribution is -2.05. The lowest BCUT2D eigenvalue weighted by molar-refractivity contribution is 0.0696. The van der Waals surface area contributed by atoms with Crippen LogP contribution in [0.5, 0.6) is 11.5 Å². The molecule has 1 aliphatic rings. The lowest BCUT2D eigenvalue weighted by atomic mass is 9.96. The Morgan fingerprint density at radius 3 is 2.50 bits per heavy atom. The molecule has 0 amide bonds. The van der Waals surface area contributed by atoms with Gasteiger partial charge in [0.15, 0.2) is 0 Å². The van der Waals surface area contributed by atoms with E-state index in [1.165, 1.54) is 0 Å². The molecule has 0 fully saturated rings. The van der Waals surface area contributed by atoms with Crippen LogP contribution in [0.25, 0.3) is 11.3 Å². The molecule has 0 saturated heterocycles. The summed E-state index contributed by atoms with van der Waals surface area (Å²) in [5.41, 5.74) is 3.14. The molecule has 4 nitrogen and oxygen atoms in total. The van der Waals surface area contributed by atoms with Gasteiger partial charge in [-0.3, -0.25) is 0 Å². The Balaban J connectivity index is 1.74. The fourth-order valence-electron chi connectivity index (χ4n) is 2.69. The van der Waals surface area contributed by atoms with Crippen LogP contribution in [0.4, 0.5) is 0 Å². The third kappa shape index (κ3) is 2.05. The van der Waals surface area contributed by atoms with Gasteiger partial charge in [-0.15, -0.1) is 0 Å². The molecule has 2 aromatic carbocycles. The maximum atomic E-state index is 11.1. The molecule has 4 heteroatoms. The highest BCUT2D eigenvalue weighted by Gasteiger charge is 2.19. The van der Waals surface area contributed by atoms with Gasteiger partial charge in [0.25, 0.3) is 0 Å².